The molecule has 3 N–H and O–H groups in total. The first-order valence-corrected chi connectivity index (χ1v) is 6.32. The van der Waals surface area contributed by atoms with Crippen LogP contribution < -0.4 is 0 Å². The molecule has 0 unspecified atom stereocenters. The number of hydrogen-bond donors (Lipinski definition) is 3. The number of aliphatic hydroxyl groups is 3. The van der Waals surface area contributed by atoms with Gasteiger partial charge in [-0.25, -0.2) is 0 Å². The molecule has 0 fully saturated rings. The van der Waals surface area contributed by atoms with Gasteiger partial charge in [0, 0.05) is 5.56 Å². The van der Waals surface area contributed by atoms with Gasteiger partial charge in [-0.3, -0.25) is 0 Å². The molecule has 0 aliphatic heterocycles. The second-order valence-electron chi connectivity index (χ2n) is 4.31. The Balaban J connectivity index is 2.58. The van der Waals surface area contributed by atoms with E-state index in [-0.39, 0.29) is 19.8 Å². The van der Waals surface area contributed by atoms with Crippen molar-refractivity contribution in [2.75, 3.05) is 6.61 Å². The zero-order valence-electron chi connectivity index (χ0n) is 11.0. The molecule has 0 heterocycles. The molecule has 20 heavy (non-hydrogen) atoms. The molecular weight excluding hydrogens is 252 g/mol. The van der Waals surface area contributed by atoms with Crippen LogP contribution in [0.25, 0.3) is 11.1 Å². The van der Waals surface area contributed by atoms with Gasteiger partial charge in [-0.2, -0.15) is 0 Å². The molecule has 0 bridgehead atoms. The third-order valence-corrected chi connectivity index (χ3v) is 3.04. The van der Waals surface area contributed by atoms with Crippen LogP contribution in [0.4, 0.5) is 0 Å². The summed E-state index contributed by atoms with van der Waals surface area (Å²) in [5, 5.41) is 27.8. The van der Waals surface area contributed by atoms with Crippen LogP contribution >= 0.6 is 0 Å². The molecule has 0 aromatic heterocycles. The first-order valence-electron chi connectivity index (χ1n) is 6.32. The van der Waals surface area contributed by atoms with Crippen LogP contribution in [0.5, 0.6) is 0 Å². The number of benzene rings is 2. The lowest BCUT2D eigenvalue weighted by Crippen LogP contribution is -1.99. The van der Waals surface area contributed by atoms with Gasteiger partial charge in [0.2, 0.25) is 0 Å². The Labute approximate surface area is 118 Å². The molecule has 0 radical (unpaired) electrons. The van der Waals surface area contributed by atoms with Crippen molar-refractivity contribution in [3.8, 4) is 23.0 Å². The Kier molecular flexibility index (Phi) is 4.91. The summed E-state index contributed by atoms with van der Waals surface area (Å²) in [4.78, 5) is 0. The van der Waals surface area contributed by atoms with E-state index in [0.717, 1.165) is 11.1 Å². The lowest BCUT2D eigenvalue weighted by atomic mass is 9.95. The van der Waals surface area contributed by atoms with Crippen LogP contribution in [-0.2, 0) is 13.2 Å². The fourth-order valence-electron chi connectivity index (χ4n) is 2.10. The Bertz CT molecular complexity index is 611. The van der Waals surface area contributed by atoms with Gasteiger partial charge in [-0.15, -0.1) is 0 Å². The average molecular weight is 268 g/mol. The van der Waals surface area contributed by atoms with Gasteiger partial charge in [0.05, 0.1) is 13.2 Å². The Morgan fingerprint density at radius 3 is 1.90 bits per heavy atom. The standard InChI is InChI=1S/C17H16O3/c18-8-4-7-17-15(11-19)9-14(10-16(17)12-20)13-5-2-1-3-6-13/h1-3,5-6,9-10,18-20H,8,11-12H2. The van der Waals surface area contributed by atoms with E-state index in [2.05, 4.69) is 11.8 Å². The van der Waals surface area contributed by atoms with Crippen LogP contribution in [-0.4, -0.2) is 21.9 Å². The predicted molar refractivity (Wildman–Crippen MR) is 77.7 cm³/mol. The van der Waals surface area contributed by atoms with Crippen LogP contribution in [0, 0.1) is 11.8 Å². The van der Waals surface area contributed by atoms with Crippen LogP contribution in [0.1, 0.15) is 16.7 Å². The maximum absolute atomic E-state index is 9.50. The highest BCUT2D eigenvalue weighted by molar-refractivity contribution is 5.68. The van der Waals surface area contributed by atoms with Gasteiger partial charge in [-0.1, -0.05) is 42.2 Å². The van der Waals surface area contributed by atoms with Crippen molar-refractivity contribution >= 4 is 0 Å². The van der Waals surface area contributed by atoms with Crippen molar-refractivity contribution in [2.45, 2.75) is 13.2 Å². The fourth-order valence-corrected chi connectivity index (χ4v) is 2.10. The molecule has 0 aliphatic rings. The summed E-state index contributed by atoms with van der Waals surface area (Å²) in [6.07, 6.45) is 0. The van der Waals surface area contributed by atoms with Crippen LogP contribution in [0.2, 0.25) is 0 Å². The summed E-state index contributed by atoms with van der Waals surface area (Å²) in [5.74, 6) is 5.35. The Morgan fingerprint density at radius 1 is 0.800 bits per heavy atom. The lowest BCUT2D eigenvalue weighted by Gasteiger charge is -2.11. The Morgan fingerprint density at radius 2 is 1.40 bits per heavy atom. The van der Waals surface area contributed by atoms with E-state index < -0.39 is 0 Å². The summed E-state index contributed by atoms with van der Waals surface area (Å²) in [5.41, 5.74) is 3.82. The number of rotatable bonds is 3. The molecule has 2 rings (SSSR count). The summed E-state index contributed by atoms with van der Waals surface area (Å²) >= 11 is 0. The highest BCUT2D eigenvalue weighted by Crippen LogP contribution is 2.25. The van der Waals surface area contributed by atoms with Crippen LogP contribution in [0.15, 0.2) is 42.5 Å². The third kappa shape index (κ3) is 3.06. The second-order valence-corrected chi connectivity index (χ2v) is 4.31. The zero-order valence-corrected chi connectivity index (χ0v) is 11.0. The number of hydrogen-bond acceptors (Lipinski definition) is 3. The highest BCUT2D eigenvalue weighted by Gasteiger charge is 2.09. The smallest absolute Gasteiger partial charge is 0.104 e. The summed E-state index contributed by atoms with van der Waals surface area (Å²) < 4.78 is 0. The van der Waals surface area contributed by atoms with Crippen molar-refractivity contribution in [3.63, 3.8) is 0 Å². The van der Waals surface area contributed by atoms with Crippen LogP contribution in [0.3, 0.4) is 0 Å². The van der Waals surface area contributed by atoms with E-state index in [0.29, 0.717) is 16.7 Å². The van der Waals surface area contributed by atoms with Crippen molar-refractivity contribution in [2.24, 2.45) is 0 Å². The molecule has 0 saturated heterocycles. The van der Waals surface area contributed by atoms with Gasteiger partial charge in [-0.05, 0) is 34.4 Å². The average Bonchev–Trinajstić information content (AvgIpc) is 2.52. The van der Waals surface area contributed by atoms with E-state index in [1.165, 1.54) is 0 Å². The normalized spacial score (nSPS) is 9.95. The zero-order chi connectivity index (χ0) is 14.4. The van der Waals surface area contributed by atoms with Gasteiger partial charge in [0.25, 0.3) is 0 Å². The van der Waals surface area contributed by atoms with Gasteiger partial charge in [0.15, 0.2) is 0 Å². The topological polar surface area (TPSA) is 60.7 Å². The van der Waals surface area contributed by atoms with E-state index in [1.807, 2.05) is 42.5 Å². The molecule has 2 aromatic rings. The quantitative estimate of drug-likeness (QED) is 0.742. The van der Waals surface area contributed by atoms with E-state index in [4.69, 9.17) is 5.11 Å². The minimum Gasteiger partial charge on any atom is -0.392 e. The highest BCUT2D eigenvalue weighted by atomic mass is 16.3. The van der Waals surface area contributed by atoms with E-state index in [9.17, 15) is 10.2 Å². The van der Waals surface area contributed by atoms with E-state index in [1.54, 1.807) is 0 Å². The maximum Gasteiger partial charge on any atom is 0.104 e. The van der Waals surface area contributed by atoms with Gasteiger partial charge >= 0.3 is 0 Å². The summed E-state index contributed by atoms with van der Waals surface area (Å²) in [6.45, 7) is -0.581. The molecule has 0 saturated carbocycles. The van der Waals surface area contributed by atoms with Crippen molar-refractivity contribution < 1.29 is 15.3 Å². The van der Waals surface area contributed by atoms with Gasteiger partial charge in [0.1, 0.15) is 6.61 Å². The summed E-state index contributed by atoms with van der Waals surface area (Å²) in [6, 6.07) is 13.5. The predicted octanol–water partition coefficient (Wildman–Crippen LogP) is 1.68. The van der Waals surface area contributed by atoms with Crippen molar-refractivity contribution in [1.82, 2.24) is 0 Å². The minimum atomic E-state index is -0.254. The molecular formula is C17H16O3. The molecule has 2 aromatic carbocycles. The SMILES string of the molecule is OCC#Cc1c(CO)cc(-c2ccccc2)cc1CO. The Hall–Kier alpha value is -2.12. The van der Waals surface area contributed by atoms with E-state index >= 15 is 0 Å². The first kappa shape index (κ1) is 14.3. The second kappa shape index (κ2) is 6.88. The minimum absolute atomic E-state index is 0.164. The monoisotopic (exact) mass is 268 g/mol. The van der Waals surface area contributed by atoms with Gasteiger partial charge < -0.3 is 15.3 Å². The maximum atomic E-state index is 9.50. The molecule has 0 spiro atoms. The third-order valence-electron chi connectivity index (χ3n) is 3.04. The first-order chi connectivity index (χ1) is 9.80. The molecule has 0 aliphatic carbocycles. The fraction of sp³-hybridized carbons (Fsp3) is 0.176. The molecule has 0 atom stereocenters. The lowest BCUT2D eigenvalue weighted by molar-refractivity contribution is 0.275. The number of aliphatic hydroxyl groups excluding tert-OH is 3. The summed E-state index contributed by atoms with van der Waals surface area (Å²) in [7, 11) is 0. The molecule has 3 nitrogen and oxygen atoms in total. The molecule has 102 valence electrons. The largest absolute Gasteiger partial charge is 0.392 e. The molecule has 3 heteroatoms. The van der Waals surface area contributed by atoms with Crippen molar-refractivity contribution in [3.05, 3.63) is 59.2 Å². The molecule has 0 amide bonds. The van der Waals surface area contributed by atoms with Crippen molar-refractivity contribution in [1.29, 1.82) is 0 Å².